The van der Waals surface area contributed by atoms with E-state index in [2.05, 4.69) is 4.99 Å². The second-order valence-corrected chi connectivity index (χ2v) is 4.82. The highest BCUT2D eigenvalue weighted by molar-refractivity contribution is 6.23. The molecule has 1 fully saturated rings. The Morgan fingerprint density at radius 2 is 1.91 bits per heavy atom. The Bertz CT molecular complexity index is 555. The quantitative estimate of drug-likeness (QED) is 0.423. The minimum Gasteiger partial charge on any atom is -0.481 e. The van der Waals surface area contributed by atoms with Crippen molar-refractivity contribution >= 4 is 36.0 Å². The van der Waals surface area contributed by atoms with Crippen molar-refractivity contribution in [2.24, 2.45) is 10.9 Å². The first-order chi connectivity index (χ1) is 10.1. The minimum absolute atomic E-state index is 0.509. The first-order valence-electron chi connectivity index (χ1n) is 6.31. The molecule has 4 amide bonds. The van der Waals surface area contributed by atoms with E-state index < -0.39 is 54.2 Å². The van der Waals surface area contributed by atoms with Crippen LogP contribution in [0.1, 0.15) is 20.3 Å². The van der Waals surface area contributed by atoms with Crippen LogP contribution in [0.5, 0.6) is 0 Å². The van der Waals surface area contributed by atoms with Crippen LogP contribution in [-0.2, 0) is 19.2 Å². The van der Waals surface area contributed by atoms with Crippen LogP contribution < -0.4 is 5.32 Å². The molecule has 10 nitrogen and oxygen atoms in total. The topological polar surface area (TPSA) is 153 Å². The second kappa shape index (κ2) is 6.78. The molecule has 0 bridgehead atoms. The highest BCUT2D eigenvalue weighted by Crippen LogP contribution is 2.13. The summed E-state index contributed by atoms with van der Waals surface area (Å²) in [6, 6.07) is -3.00. The van der Waals surface area contributed by atoms with Crippen molar-refractivity contribution in [3.05, 3.63) is 0 Å². The molecule has 10 heteroatoms. The predicted octanol–water partition coefficient (Wildman–Crippen LogP) is -0.912. The summed E-state index contributed by atoms with van der Waals surface area (Å²) in [6.07, 6.45) is -0.0254. The summed E-state index contributed by atoms with van der Waals surface area (Å²) in [5, 5.41) is 19.4. The third kappa shape index (κ3) is 3.87. The molecule has 0 aliphatic carbocycles. The number of aliphatic carboxylic acids is 2. The summed E-state index contributed by atoms with van der Waals surface area (Å²) in [4.78, 5) is 61.0. The summed E-state index contributed by atoms with van der Waals surface area (Å²) in [6.45, 7) is 3.12. The number of imide groups is 2. The number of carboxylic acids is 2. The number of urea groups is 1. The molecular formula is C12H15N3O7. The number of aliphatic imine (C=N–C) groups is 1. The molecular weight excluding hydrogens is 298 g/mol. The molecule has 0 aromatic rings. The smallest absolute Gasteiger partial charge is 0.331 e. The van der Waals surface area contributed by atoms with Crippen LogP contribution >= 0.6 is 0 Å². The van der Waals surface area contributed by atoms with Crippen LogP contribution in [0.3, 0.4) is 0 Å². The van der Waals surface area contributed by atoms with Crippen LogP contribution in [-0.4, -0.2) is 63.2 Å². The molecule has 1 aliphatic rings. The Kier molecular flexibility index (Phi) is 5.33. The summed E-state index contributed by atoms with van der Waals surface area (Å²) < 4.78 is 0. The highest BCUT2D eigenvalue weighted by atomic mass is 16.4. The van der Waals surface area contributed by atoms with Gasteiger partial charge in [0.15, 0.2) is 12.0 Å². The third-order valence-electron chi connectivity index (χ3n) is 2.82. The van der Waals surface area contributed by atoms with Gasteiger partial charge in [0.25, 0.3) is 0 Å². The maximum Gasteiger partial charge on any atom is 0.331 e. The largest absolute Gasteiger partial charge is 0.481 e. The van der Waals surface area contributed by atoms with Crippen molar-refractivity contribution in [3.8, 4) is 0 Å². The highest BCUT2D eigenvalue weighted by Gasteiger charge is 2.40. The van der Waals surface area contributed by atoms with Gasteiger partial charge in [-0.2, -0.15) is 0 Å². The summed E-state index contributed by atoms with van der Waals surface area (Å²) >= 11 is 0. The Morgan fingerprint density at radius 3 is 2.36 bits per heavy atom. The molecule has 2 atom stereocenters. The average Bonchev–Trinajstić information content (AvgIpc) is 2.35. The van der Waals surface area contributed by atoms with Gasteiger partial charge in [-0.3, -0.25) is 29.6 Å². The zero-order chi connectivity index (χ0) is 17.0. The zero-order valence-corrected chi connectivity index (χ0v) is 11.8. The molecule has 0 unspecified atom stereocenters. The molecule has 22 heavy (non-hydrogen) atoms. The molecule has 0 aromatic heterocycles. The van der Waals surface area contributed by atoms with E-state index in [1.807, 2.05) is 5.32 Å². The van der Waals surface area contributed by atoms with E-state index >= 15 is 0 Å². The van der Waals surface area contributed by atoms with Crippen molar-refractivity contribution < 1.29 is 34.2 Å². The Hall–Kier alpha value is -2.78. The van der Waals surface area contributed by atoms with Crippen LogP contribution in [0.4, 0.5) is 4.79 Å². The van der Waals surface area contributed by atoms with Gasteiger partial charge in [-0.1, -0.05) is 0 Å². The molecule has 1 heterocycles. The molecule has 120 valence electrons. The first-order valence-corrected chi connectivity index (χ1v) is 6.31. The fourth-order valence-corrected chi connectivity index (χ4v) is 1.79. The first kappa shape index (κ1) is 17.3. The number of carbonyl (C=O) groups is 5. The Balaban J connectivity index is 2.98. The summed E-state index contributed by atoms with van der Waals surface area (Å²) in [7, 11) is 0. The van der Waals surface area contributed by atoms with E-state index in [9.17, 15) is 24.0 Å². The van der Waals surface area contributed by atoms with Gasteiger partial charge in [-0.25, -0.2) is 9.59 Å². The van der Waals surface area contributed by atoms with Crippen molar-refractivity contribution in [2.75, 3.05) is 0 Å². The monoisotopic (exact) mass is 313 g/mol. The normalized spacial score (nSPS) is 20.4. The lowest BCUT2D eigenvalue weighted by molar-refractivity contribution is -0.144. The van der Waals surface area contributed by atoms with E-state index in [1.165, 1.54) is 0 Å². The molecule has 1 saturated heterocycles. The molecule has 0 saturated carbocycles. The van der Waals surface area contributed by atoms with Gasteiger partial charge in [-0.05, 0) is 13.8 Å². The third-order valence-corrected chi connectivity index (χ3v) is 2.82. The van der Waals surface area contributed by atoms with Crippen molar-refractivity contribution in [3.63, 3.8) is 0 Å². The van der Waals surface area contributed by atoms with E-state index in [-0.39, 0.29) is 0 Å². The second-order valence-electron chi connectivity index (χ2n) is 4.82. The van der Waals surface area contributed by atoms with Crippen molar-refractivity contribution in [2.45, 2.75) is 32.4 Å². The lowest BCUT2D eigenvalue weighted by Crippen LogP contribution is -2.60. The van der Waals surface area contributed by atoms with E-state index in [1.54, 1.807) is 13.8 Å². The predicted molar refractivity (Wildman–Crippen MR) is 71.2 cm³/mol. The number of hydrogen-bond donors (Lipinski definition) is 3. The van der Waals surface area contributed by atoms with Gasteiger partial charge in [0.1, 0.15) is 0 Å². The minimum atomic E-state index is -1.62. The van der Waals surface area contributed by atoms with Crippen LogP contribution in [0.15, 0.2) is 4.99 Å². The summed E-state index contributed by atoms with van der Waals surface area (Å²) in [5.74, 6) is -6.14. The van der Waals surface area contributed by atoms with E-state index in [4.69, 9.17) is 10.2 Å². The molecule has 1 rings (SSSR count). The lowest BCUT2D eigenvalue weighted by Gasteiger charge is -2.31. The molecule has 0 aromatic carbocycles. The van der Waals surface area contributed by atoms with Crippen LogP contribution in [0.2, 0.25) is 0 Å². The van der Waals surface area contributed by atoms with Gasteiger partial charge >= 0.3 is 18.0 Å². The van der Waals surface area contributed by atoms with Gasteiger partial charge in [0, 0.05) is 12.3 Å². The number of nitrogens with one attached hydrogen (secondary N) is 1. The SMILES string of the molecule is CC(C)N1C(=O)NC(=O)[C@H](C=N[C@H](CC(=O)O)C(=O)O)C1=O. The zero-order valence-electron chi connectivity index (χ0n) is 11.8. The number of barbiturate groups is 1. The number of amides is 4. The van der Waals surface area contributed by atoms with Crippen molar-refractivity contribution in [1.82, 2.24) is 10.2 Å². The van der Waals surface area contributed by atoms with E-state index in [0.29, 0.717) is 0 Å². The fraction of sp³-hybridized carbons (Fsp3) is 0.500. The van der Waals surface area contributed by atoms with Gasteiger partial charge in [0.05, 0.1) is 6.42 Å². The molecule has 0 radical (unpaired) electrons. The summed E-state index contributed by atoms with van der Waals surface area (Å²) in [5.41, 5.74) is 0. The number of nitrogens with zero attached hydrogens (tertiary/aromatic N) is 2. The van der Waals surface area contributed by atoms with Crippen molar-refractivity contribution in [1.29, 1.82) is 0 Å². The Labute approximate surface area is 124 Å². The van der Waals surface area contributed by atoms with Crippen LogP contribution in [0, 0.1) is 5.92 Å². The number of rotatable bonds is 6. The molecule has 1 aliphatic heterocycles. The maximum atomic E-state index is 12.1. The lowest BCUT2D eigenvalue weighted by atomic mass is 10.1. The molecule has 0 spiro atoms. The number of carboxylic acid groups (broad SMARTS) is 2. The Morgan fingerprint density at radius 1 is 1.32 bits per heavy atom. The average molecular weight is 313 g/mol. The van der Waals surface area contributed by atoms with E-state index in [0.717, 1.165) is 11.1 Å². The van der Waals surface area contributed by atoms with Gasteiger partial charge in [-0.15, -0.1) is 0 Å². The number of carbonyl (C=O) groups excluding carboxylic acids is 3. The number of hydrogen-bond acceptors (Lipinski definition) is 6. The maximum absolute atomic E-state index is 12.1. The van der Waals surface area contributed by atoms with Gasteiger partial charge < -0.3 is 10.2 Å². The fourth-order valence-electron chi connectivity index (χ4n) is 1.79. The van der Waals surface area contributed by atoms with Gasteiger partial charge in [0.2, 0.25) is 11.8 Å². The van der Waals surface area contributed by atoms with Crippen LogP contribution in [0.25, 0.3) is 0 Å². The standard InChI is InChI=1S/C12H15N3O7/c1-5(2)15-10(19)6(9(18)14-12(15)22)4-13-7(11(20)21)3-8(16)17/h4-7H,3H2,1-2H3,(H,16,17)(H,20,21)(H,14,18,22)/t6-,7+/m0/s1. The molecule has 3 N–H and O–H groups in total.